The quantitative estimate of drug-likeness (QED) is 0.336. The van der Waals surface area contributed by atoms with Gasteiger partial charge in [-0.15, -0.1) is 0 Å². The molecule has 4 aromatic rings. The van der Waals surface area contributed by atoms with Crippen molar-refractivity contribution in [1.82, 2.24) is 19.9 Å². The molecule has 0 aliphatic carbocycles. The van der Waals surface area contributed by atoms with E-state index in [0.717, 1.165) is 16.6 Å². The SMILES string of the molecule is Oc1ccc(/C=N/n2c(-c3cc4ccccc4[nH]3)n[nH]c2=S)c(O)c1. The highest BCUT2D eigenvalue weighted by atomic mass is 32.1. The monoisotopic (exact) mass is 351 g/mol. The minimum Gasteiger partial charge on any atom is -0.508 e. The zero-order chi connectivity index (χ0) is 17.4. The zero-order valence-corrected chi connectivity index (χ0v) is 13.7. The summed E-state index contributed by atoms with van der Waals surface area (Å²) in [5, 5.41) is 31.5. The van der Waals surface area contributed by atoms with Crippen LogP contribution in [0.3, 0.4) is 0 Å². The summed E-state index contributed by atoms with van der Waals surface area (Å²) in [6.45, 7) is 0. The van der Waals surface area contributed by atoms with Crippen LogP contribution in [0.25, 0.3) is 22.4 Å². The van der Waals surface area contributed by atoms with Crippen LogP contribution in [0.4, 0.5) is 0 Å². The molecule has 0 atom stereocenters. The highest BCUT2D eigenvalue weighted by Gasteiger charge is 2.11. The second-order valence-electron chi connectivity index (χ2n) is 5.42. The maximum atomic E-state index is 9.85. The fourth-order valence-corrected chi connectivity index (χ4v) is 2.71. The number of para-hydroxylation sites is 1. The number of phenolic OH excluding ortho intramolecular Hbond substituents is 2. The molecule has 7 nitrogen and oxygen atoms in total. The Morgan fingerprint density at radius 2 is 1.96 bits per heavy atom. The second kappa shape index (κ2) is 5.91. The van der Waals surface area contributed by atoms with Gasteiger partial charge in [-0.3, -0.25) is 0 Å². The van der Waals surface area contributed by atoms with Crippen molar-refractivity contribution in [2.45, 2.75) is 0 Å². The van der Waals surface area contributed by atoms with E-state index in [2.05, 4.69) is 20.3 Å². The molecule has 0 saturated carbocycles. The van der Waals surface area contributed by atoms with E-state index in [4.69, 9.17) is 12.2 Å². The number of aromatic nitrogens is 4. The van der Waals surface area contributed by atoms with Crippen molar-refractivity contribution >= 4 is 29.3 Å². The summed E-state index contributed by atoms with van der Waals surface area (Å²) in [4.78, 5) is 3.28. The lowest BCUT2D eigenvalue weighted by molar-refractivity contribution is 0.450. The first-order valence-corrected chi connectivity index (χ1v) is 7.84. The molecule has 0 fully saturated rings. The van der Waals surface area contributed by atoms with Crippen molar-refractivity contribution in [3.05, 3.63) is 58.9 Å². The molecule has 2 aromatic carbocycles. The lowest BCUT2D eigenvalue weighted by Gasteiger charge is -2.00. The molecule has 124 valence electrons. The minimum absolute atomic E-state index is 0.0201. The Hall–Kier alpha value is -3.39. The van der Waals surface area contributed by atoms with Crippen LogP contribution in [0.2, 0.25) is 0 Å². The molecular weight excluding hydrogens is 338 g/mol. The average Bonchev–Trinajstić information content (AvgIpc) is 3.17. The maximum Gasteiger partial charge on any atom is 0.216 e. The number of nitrogens with zero attached hydrogens (tertiary/aromatic N) is 3. The van der Waals surface area contributed by atoms with Crippen LogP contribution in [0, 0.1) is 4.77 Å². The van der Waals surface area contributed by atoms with Gasteiger partial charge in [-0.05, 0) is 36.5 Å². The van der Waals surface area contributed by atoms with Crippen LogP contribution in [0.1, 0.15) is 5.56 Å². The highest BCUT2D eigenvalue weighted by molar-refractivity contribution is 7.71. The number of phenols is 2. The van der Waals surface area contributed by atoms with Gasteiger partial charge >= 0.3 is 0 Å². The Balaban J connectivity index is 1.77. The Labute approximate surface area is 146 Å². The van der Waals surface area contributed by atoms with Gasteiger partial charge in [-0.2, -0.15) is 14.9 Å². The van der Waals surface area contributed by atoms with Crippen molar-refractivity contribution in [3.63, 3.8) is 0 Å². The molecule has 2 aromatic heterocycles. The standard InChI is InChI=1S/C17H13N5O2S/c23-12-6-5-11(15(24)8-12)9-18-22-16(20-21-17(22)25)14-7-10-3-1-2-4-13(10)19-14/h1-9,19,23-24H,(H,21,25)/b18-9+. The normalized spacial score (nSPS) is 11.5. The van der Waals surface area contributed by atoms with E-state index in [0.29, 0.717) is 16.2 Å². The molecule has 0 bridgehead atoms. The molecule has 8 heteroatoms. The zero-order valence-electron chi connectivity index (χ0n) is 12.8. The molecule has 25 heavy (non-hydrogen) atoms. The van der Waals surface area contributed by atoms with Crippen LogP contribution in [0.15, 0.2) is 53.6 Å². The van der Waals surface area contributed by atoms with Gasteiger partial charge in [0.25, 0.3) is 0 Å². The van der Waals surface area contributed by atoms with Crippen molar-refractivity contribution in [2.75, 3.05) is 0 Å². The number of H-pyrrole nitrogens is 2. The molecule has 0 aliphatic heterocycles. The van der Waals surface area contributed by atoms with Crippen molar-refractivity contribution in [3.8, 4) is 23.0 Å². The molecule has 0 unspecified atom stereocenters. The Kier molecular flexibility index (Phi) is 3.58. The van der Waals surface area contributed by atoms with Crippen LogP contribution in [0.5, 0.6) is 11.5 Å². The van der Waals surface area contributed by atoms with E-state index in [1.165, 1.54) is 23.0 Å². The number of rotatable bonds is 3. The number of fused-ring (bicyclic) bond motifs is 1. The van der Waals surface area contributed by atoms with Crippen molar-refractivity contribution in [1.29, 1.82) is 0 Å². The van der Waals surface area contributed by atoms with E-state index in [1.807, 2.05) is 30.3 Å². The number of benzene rings is 2. The number of aromatic amines is 2. The van der Waals surface area contributed by atoms with E-state index < -0.39 is 0 Å². The van der Waals surface area contributed by atoms with Crippen LogP contribution >= 0.6 is 12.2 Å². The summed E-state index contributed by atoms with van der Waals surface area (Å²) >= 11 is 5.24. The molecule has 0 radical (unpaired) electrons. The molecular formula is C17H13N5O2S. The molecule has 0 saturated heterocycles. The first-order valence-electron chi connectivity index (χ1n) is 7.44. The van der Waals surface area contributed by atoms with E-state index in [9.17, 15) is 10.2 Å². The summed E-state index contributed by atoms with van der Waals surface area (Å²) in [5.41, 5.74) is 2.20. The van der Waals surface area contributed by atoms with Gasteiger partial charge in [-0.25, -0.2) is 5.10 Å². The molecule has 4 rings (SSSR count). The Morgan fingerprint density at radius 1 is 1.12 bits per heavy atom. The van der Waals surface area contributed by atoms with E-state index in [-0.39, 0.29) is 11.5 Å². The Bertz CT molecular complexity index is 1120. The fourth-order valence-electron chi connectivity index (χ4n) is 2.53. The predicted molar refractivity (Wildman–Crippen MR) is 97.5 cm³/mol. The summed E-state index contributed by atoms with van der Waals surface area (Å²) in [7, 11) is 0. The first-order chi connectivity index (χ1) is 12.1. The second-order valence-corrected chi connectivity index (χ2v) is 5.81. The topological polar surface area (TPSA) is 102 Å². The average molecular weight is 351 g/mol. The smallest absolute Gasteiger partial charge is 0.216 e. The summed E-state index contributed by atoms with van der Waals surface area (Å²) in [6.07, 6.45) is 1.45. The van der Waals surface area contributed by atoms with Crippen LogP contribution in [-0.2, 0) is 0 Å². The predicted octanol–water partition coefficient (Wildman–Crippen LogP) is 3.38. The lowest BCUT2D eigenvalue weighted by atomic mass is 10.2. The van der Waals surface area contributed by atoms with Gasteiger partial charge in [0.05, 0.1) is 11.9 Å². The fraction of sp³-hybridized carbons (Fsp3) is 0. The highest BCUT2D eigenvalue weighted by Crippen LogP contribution is 2.24. The van der Waals surface area contributed by atoms with Gasteiger partial charge in [-0.1, -0.05) is 18.2 Å². The first kappa shape index (κ1) is 15.2. The minimum atomic E-state index is -0.0778. The molecule has 0 amide bonds. The number of nitrogens with one attached hydrogen (secondary N) is 2. The van der Waals surface area contributed by atoms with Gasteiger partial charge in [0.2, 0.25) is 4.77 Å². The van der Waals surface area contributed by atoms with Crippen molar-refractivity contribution < 1.29 is 10.2 Å². The summed E-state index contributed by atoms with van der Waals surface area (Å²) in [6, 6.07) is 14.1. The van der Waals surface area contributed by atoms with Crippen molar-refractivity contribution in [2.24, 2.45) is 5.10 Å². The number of hydrogen-bond donors (Lipinski definition) is 4. The Morgan fingerprint density at radius 3 is 2.76 bits per heavy atom. The molecule has 0 aliphatic rings. The molecule has 4 N–H and O–H groups in total. The van der Waals surface area contributed by atoms with E-state index in [1.54, 1.807) is 6.07 Å². The largest absolute Gasteiger partial charge is 0.508 e. The third-order valence-corrected chi connectivity index (χ3v) is 4.01. The van der Waals surface area contributed by atoms with Gasteiger partial charge in [0.1, 0.15) is 11.5 Å². The maximum absolute atomic E-state index is 9.85. The molecule has 0 spiro atoms. The van der Waals surface area contributed by atoms with Gasteiger partial charge < -0.3 is 15.2 Å². The summed E-state index contributed by atoms with van der Waals surface area (Å²) in [5.74, 6) is 0.426. The number of aromatic hydroxyl groups is 2. The van der Waals surface area contributed by atoms with Gasteiger partial charge in [0.15, 0.2) is 5.82 Å². The van der Waals surface area contributed by atoms with E-state index >= 15 is 0 Å². The third kappa shape index (κ3) is 2.79. The summed E-state index contributed by atoms with van der Waals surface area (Å²) < 4.78 is 1.79. The van der Waals surface area contributed by atoms with Gasteiger partial charge in [0, 0.05) is 22.5 Å². The number of hydrogen-bond acceptors (Lipinski definition) is 5. The molecule has 2 heterocycles. The lowest BCUT2D eigenvalue weighted by Crippen LogP contribution is -1.95. The third-order valence-electron chi connectivity index (χ3n) is 3.75. The van der Waals surface area contributed by atoms with Crippen LogP contribution < -0.4 is 0 Å². The van der Waals surface area contributed by atoms with Crippen LogP contribution in [-0.4, -0.2) is 36.3 Å².